The van der Waals surface area contributed by atoms with Gasteiger partial charge in [0.2, 0.25) is 0 Å². The van der Waals surface area contributed by atoms with Gasteiger partial charge in [0.15, 0.2) is 0 Å². The molecule has 0 aliphatic heterocycles. The summed E-state index contributed by atoms with van der Waals surface area (Å²) in [6.45, 7) is 4.02. The average molecular weight is 187 g/mol. The highest BCUT2D eigenvalue weighted by Crippen LogP contribution is 1.94. The highest BCUT2D eigenvalue weighted by Gasteiger charge is 2.07. The van der Waals surface area contributed by atoms with Crippen molar-refractivity contribution in [3.63, 3.8) is 0 Å². The third kappa shape index (κ3) is 6.92. The molecule has 6 heteroatoms. The zero-order valence-electron chi connectivity index (χ0n) is 7.38. The molecule has 0 rings (SSSR count). The molecule has 0 heterocycles. The third-order valence-corrected chi connectivity index (χ3v) is 1.49. The lowest BCUT2D eigenvalue weighted by molar-refractivity contribution is 0.243. The molecule has 1 unspecified atom stereocenters. The van der Waals surface area contributed by atoms with E-state index in [0.29, 0.717) is 19.4 Å². The van der Waals surface area contributed by atoms with Crippen LogP contribution in [-0.4, -0.2) is 24.6 Å². The van der Waals surface area contributed by atoms with Gasteiger partial charge in [-0.15, -0.1) is 0 Å². The summed E-state index contributed by atoms with van der Waals surface area (Å²) in [4.78, 5) is 20.7. The summed E-state index contributed by atoms with van der Waals surface area (Å²) in [6, 6.07) is -1.29. The third-order valence-electron chi connectivity index (χ3n) is 1.49. The van der Waals surface area contributed by atoms with Crippen LogP contribution in [0.15, 0.2) is 0 Å². The smallest absolute Gasteiger partial charge is 0.312 e. The minimum absolute atomic E-state index is 0.121. The van der Waals surface area contributed by atoms with Gasteiger partial charge in [-0.3, -0.25) is 0 Å². The second kappa shape index (κ2) is 6.10. The lowest BCUT2D eigenvalue weighted by Gasteiger charge is -2.14. The molecule has 0 saturated heterocycles. The summed E-state index contributed by atoms with van der Waals surface area (Å²) in [5.74, 6) is 0. The minimum Gasteiger partial charge on any atom is -0.352 e. The van der Waals surface area contributed by atoms with Crippen LogP contribution in [0.4, 0.5) is 9.59 Å². The molecular formula is C7H15N4O2. The Kier molecular flexibility index (Phi) is 5.42. The fourth-order valence-corrected chi connectivity index (χ4v) is 0.859. The molecule has 0 aromatic rings. The quantitative estimate of drug-likeness (QED) is 0.456. The molecule has 6 nitrogen and oxygen atoms in total. The predicted molar refractivity (Wildman–Crippen MR) is 48.7 cm³/mol. The molecule has 0 spiro atoms. The Morgan fingerprint density at radius 1 is 1.31 bits per heavy atom. The number of nitrogens with one attached hydrogen (secondary N) is 2. The zero-order valence-corrected chi connectivity index (χ0v) is 7.38. The van der Waals surface area contributed by atoms with Gasteiger partial charge in [0.25, 0.3) is 0 Å². The van der Waals surface area contributed by atoms with Crippen molar-refractivity contribution in [2.24, 2.45) is 11.5 Å². The van der Waals surface area contributed by atoms with Crippen molar-refractivity contribution in [2.75, 3.05) is 6.54 Å². The van der Waals surface area contributed by atoms with E-state index in [9.17, 15) is 9.59 Å². The second-order valence-corrected chi connectivity index (χ2v) is 2.57. The van der Waals surface area contributed by atoms with Crippen LogP contribution in [0.1, 0.15) is 12.8 Å². The molecule has 0 aromatic carbocycles. The first kappa shape index (κ1) is 11.5. The lowest BCUT2D eigenvalue weighted by atomic mass is 10.1. The Morgan fingerprint density at radius 2 is 1.92 bits per heavy atom. The van der Waals surface area contributed by atoms with Crippen LogP contribution in [0.5, 0.6) is 0 Å². The highest BCUT2D eigenvalue weighted by molar-refractivity contribution is 5.72. The number of hydrogen-bond donors (Lipinski definition) is 4. The normalized spacial score (nSPS) is 11.8. The van der Waals surface area contributed by atoms with Crippen molar-refractivity contribution in [1.82, 2.24) is 10.6 Å². The monoisotopic (exact) mass is 187 g/mol. The number of hydrogen-bond acceptors (Lipinski definition) is 2. The standard InChI is InChI=1S/C7H15N4O2/c1-2-5(11-7(9)13)3-4-10-6(8)12/h5H,1-4H2,(H3,8,10,12)(H3,9,11,13). The molecular weight excluding hydrogens is 172 g/mol. The largest absolute Gasteiger partial charge is 0.352 e. The number of amides is 4. The van der Waals surface area contributed by atoms with Gasteiger partial charge in [-0.2, -0.15) is 0 Å². The second-order valence-electron chi connectivity index (χ2n) is 2.57. The summed E-state index contributed by atoms with van der Waals surface area (Å²) in [5, 5.41) is 4.89. The summed E-state index contributed by atoms with van der Waals surface area (Å²) in [5.41, 5.74) is 9.75. The summed E-state index contributed by atoms with van der Waals surface area (Å²) in [6.07, 6.45) is 1.08. The molecule has 0 aliphatic carbocycles. The number of urea groups is 2. The molecule has 0 aromatic heterocycles. The van der Waals surface area contributed by atoms with Crippen LogP contribution in [-0.2, 0) is 0 Å². The van der Waals surface area contributed by atoms with Crippen LogP contribution in [0.3, 0.4) is 0 Å². The van der Waals surface area contributed by atoms with Crippen molar-refractivity contribution in [1.29, 1.82) is 0 Å². The first-order valence-electron chi connectivity index (χ1n) is 3.94. The molecule has 4 amide bonds. The highest BCUT2D eigenvalue weighted by atomic mass is 16.2. The molecule has 0 bridgehead atoms. The summed E-state index contributed by atoms with van der Waals surface area (Å²) in [7, 11) is 0. The van der Waals surface area contributed by atoms with Crippen LogP contribution in [0.25, 0.3) is 0 Å². The first-order chi connectivity index (χ1) is 6.06. The fraction of sp³-hybridized carbons (Fsp3) is 0.571. The van der Waals surface area contributed by atoms with Crippen LogP contribution >= 0.6 is 0 Å². The molecule has 0 aliphatic rings. The van der Waals surface area contributed by atoms with E-state index >= 15 is 0 Å². The number of nitrogens with two attached hydrogens (primary N) is 2. The van der Waals surface area contributed by atoms with E-state index in [4.69, 9.17) is 11.5 Å². The molecule has 75 valence electrons. The molecule has 0 fully saturated rings. The van der Waals surface area contributed by atoms with Crippen LogP contribution in [0.2, 0.25) is 0 Å². The number of carbonyl (C=O) groups is 2. The number of rotatable bonds is 5. The Hall–Kier alpha value is -1.46. The van der Waals surface area contributed by atoms with Crippen LogP contribution < -0.4 is 22.1 Å². The van der Waals surface area contributed by atoms with E-state index in [0.717, 1.165) is 0 Å². The predicted octanol–water partition coefficient (Wildman–Crippen LogP) is -0.694. The molecule has 1 atom stereocenters. The first-order valence-corrected chi connectivity index (χ1v) is 3.94. The summed E-state index contributed by atoms with van der Waals surface area (Å²) < 4.78 is 0. The van der Waals surface area contributed by atoms with Gasteiger partial charge in [-0.25, -0.2) is 9.59 Å². The van der Waals surface area contributed by atoms with Crippen molar-refractivity contribution in [3.8, 4) is 0 Å². The van der Waals surface area contributed by atoms with Gasteiger partial charge in [0, 0.05) is 12.6 Å². The molecule has 13 heavy (non-hydrogen) atoms. The van der Waals surface area contributed by atoms with E-state index in [1.54, 1.807) is 0 Å². The Labute approximate surface area is 77.0 Å². The maximum Gasteiger partial charge on any atom is 0.312 e. The van der Waals surface area contributed by atoms with Crippen molar-refractivity contribution >= 4 is 12.1 Å². The zero-order chi connectivity index (χ0) is 10.3. The molecule has 1 radical (unpaired) electrons. The van der Waals surface area contributed by atoms with Crippen molar-refractivity contribution in [3.05, 3.63) is 6.92 Å². The van der Waals surface area contributed by atoms with E-state index < -0.39 is 12.1 Å². The Morgan fingerprint density at radius 3 is 2.31 bits per heavy atom. The number of primary amides is 2. The maximum absolute atomic E-state index is 10.4. The number of carbonyl (C=O) groups excluding carboxylic acids is 2. The SMILES string of the molecule is [CH2]CC(CCNC(N)=O)NC(N)=O. The average Bonchev–Trinajstić information content (AvgIpc) is 2.01. The van der Waals surface area contributed by atoms with Gasteiger partial charge in [-0.05, 0) is 12.8 Å². The maximum atomic E-state index is 10.4. The van der Waals surface area contributed by atoms with Gasteiger partial charge >= 0.3 is 12.1 Å². The molecule has 0 saturated carbocycles. The van der Waals surface area contributed by atoms with Gasteiger partial charge in [0.1, 0.15) is 0 Å². The minimum atomic E-state index is -0.590. The topological polar surface area (TPSA) is 110 Å². The molecule has 6 N–H and O–H groups in total. The Balaban J connectivity index is 3.59. The van der Waals surface area contributed by atoms with Crippen LogP contribution in [0, 0.1) is 6.92 Å². The fourth-order valence-electron chi connectivity index (χ4n) is 0.859. The lowest BCUT2D eigenvalue weighted by Crippen LogP contribution is -2.41. The van der Waals surface area contributed by atoms with Gasteiger partial charge in [0.05, 0.1) is 0 Å². The Bertz CT molecular complexity index is 183. The van der Waals surface area contributed by atoms with E-state index in [1.165, 1.54) is 0 Å². The van der Waals surface area contributed by atoms with E-state index in [-0.39, 0.29) is 6.04 Å². The van der Waals surface area contributed by atoms with Crippen molar-refractivity contribution in [2.45, 2.75) is 18.9 Å². The van der Waals surface area contributed by atoms with Gasteiger partial charge in [-0.1, -0.05) is 6.92 Å². The van der Waals surface area contributed by atoms with Crippen molar-refractivity contribution < 1.29 is 9.59 Å². The van der Waals surface area contributed by atoms with Gasteiger partial charge < -0.3 is 22.1 Å². The summed E-state index contributed by atoms with van der Waals surface area (Å²) >= 11 is 0. The van der Waals surface area contributed by atoms with E-state index in [2.05, 4.69) is 17.6 Å². The van der Waals surface area contributed by atoms with E-state index in [1.807, 2.05) is 0 Å².